The minimum Gasteiger partial charge on any atom is -0.456 e. The predicted octanol–water partition coefficient (Wildman–Crippen LogP) is 27.6. The van der Waals surface area contributed by atoms with Gasteiger partial charge in [-0.15, -0.1) is 0 Å². The van der Waals surface area contributed by atoms with Gasteiger partial charge in [-0.2, -0.15) is 0 Å². The average Bonchev–Trinajstić information content (AvgIpc) is 1.04. The van der Waals surface area contributed by atoms with Crippen LogP contribution in [0.5, 0.6) is 0 Å². The topological polar surface area (TPSA) is 26.3 Å². The van der Waals surface area contributed by atoms with Crippen molar-refractivity contribution in [3.63, 3.8) is 0 Å². The van der Waals surface area contributed by atoms with Crippen LogP contribution < -0.4 is 0 Å². The first-order chi connectivity index (χ1) is 72.8. The maximum atomic E-state index is 9.95. The third kappa shape index (κ3) is 8.96. The summed E-state index contributed by atoms with van der Waals surface area (Å²) in [6, 6.07) is -54.1. The monoisotopic (exact) mass is 1300 g/mol. The van der Waals surface area contributed by atoms with Crippen molar-refractivity contribution in [2.24, 2.45) is 0 Å². The van der Waals surface area contributed by atoms with Gasteiger partial charge in [-0.1, -0.05) is 290 Å². The van der Waals surface area contributed by atoms with Crippen LogP contribution in [0.1, 0.15) is 79.5 Å². The molecule has 0 aliphatic rings. The van der Waals surface area contributed by atoms with E-state index in [1.54, 1.807) is 0 Å². The Bertz CT molecular complexity index is 10400. The highest BCUT2D eigenvalue weighted by Gasteiger charge is 2.24. The summed E-state index contributed by atoms with van der Waals surface area (Å²) in [4.78, 5) is 0. The molecule has 454 valence electrons. The molecule has 0 aliphatic heterocycles. The summed E-state index contributed by atoms with van der Waals surface area (Å²) < 4.78 is 537. The SMILES string of the molecule is [2H]c1c([2H])c(-c2c([2H])c([2H])c3c([2H])c([2H])c([2H])c([2H])c3c2[2H])c([2H])c(-c2c3c([2H])c([2H])c([2H])c([2H])c3c(-c3c([2H])c([2H])c([2H])c4oc5c([2H])c6c([2H])c([2H])c([2H])c([2H])c6c([2H])c5c34)c3c([2H])c([2H])c([2H])c([2H])c23)c1[2H].[2H]c1c([2H])c(-c2c([2H])c([2H])c3c(c2[2H])c([2H])c([2H])c2c([2H])c([2H])c([2H])c([2H])c23)c([2H])c(-c2c3c([2H])c([2H])c([2H])c([2H])c3c(-c3c([2H])c([2H])c([2H])c4oc5c([2H])c6c([2H])c([2H])c([2H])c([2H])c6c([2H])c5c34)c3c([2H])c([2H])c([2H])c([2H])c23)c1[2H]. The maximum Gasteiger partial charge on any atom is 0.136 e. The molecule has 0 radical (unpaired) electrons. The van der Waals surface area contributed by atoms with Gasteiger partial charge in [0.25, 0.3) is 0 Å². The van der Waals surface area contributed by atoms with Crippen molar-refractivity contribution in [2.45, 2.75) is 0 Å². The number of rotatable bonds is 6. The summed E-state index contributed by atoms with van der Waals surface area (Å²) in [6.07, 6.45) is 0. The molecule has 21 aromatic rings. The minimum atomic E-state index is -1.13. The smallest absolute Gasteiger partial charge is 0.136 e. The fourth-order valence-electron chi connectivity index (χ4n) is 12.1. The molecule has 19 aromatic carbocycles. The third-order valence-corrected chi connectivity index (χ3v) is 16.2. The van der Waals surface area contributed by atoms with Crippen molar-refractivity contribution in [3.8, 4) is 66.8 Å². The lowest BCUT2D eigenvalue weighted by atomic mass is 9.84. The van der Waals surface area contributed by atoms with Crippen LogP contribution in [0.25, 0.3) is 208 Å². The molecule has 2 nitrogen and oxygen atoms in total. The van der Waals surface area contributed by atoms with Gasteiger partial charge >= 0.3 is 0 Å². The number of benzene rings is 19. The fraction of sp³-hybridized carbons (Fsp3) is 0. The first-order valence-electron chi connectivity index (χ1n) is 58.1. The van der Waals surface area contributed by atoms with Crippen LogP contribution >= 0.6 is 0 Å². The van der Waals surface area contributed by atoms with Crippen LogP contribution in [0.4, 0.5) is 0 Å². The lowest BCUT2D eigenvalue weighted by Crippen LogP contribution is -1.91. The number of furan rings is 2. The number of fused-ring (bicyclic) bond motifs is 16. The molecule has 98 heavy (non-hydrogen) atoms. The van der Waals surface area contributed by atoms with E-state index in [1.165, 1.54) is 0 Å². The molecule has 0 aliphatic carbocycles. The quantitative estimate of drug-likeness (QED) is 0.123. The molecule has 0 N–H and O–H groups in total. The van der Waals surface area contributed by atoms with Crippen LogP contribution in [-0.2, 0) is 0 Å². The second-order valence-electron chi connectivity index (χ2n) is 21.5. The Hall–Kier alpha value is -12.9. The van der Waals surface area contributed by atoms with E-state index >= 15 is 0 Å². The maximum absolute atomic E-state index is 9.95. The highest BCUT2D eigenvalue weighted by molar-refractivity contribution is 6.28. The molecule has 0 bridgehead atoms. The Labute approximate surface area is 646 Å². The molecule has 0 amide bonds. The van der Waals surface area contributed by atoms with E-state index in [0.29, 0.717) is 0 Å². The molecule has 0 atom stereocenters. The summed E-state index contributed by atoms with van der Waals surface area (Å²) in [5.41, 5.74) is -12.4. The molecule has 2 heterocycles. The van der Waals surface area contributed by atoms with Gasteiger partial charge in [0.1, 0.15) is 22.3 Å². The van der Waals surface area contributed by atoms with Gasteiger partial charge in [-0.05, 0) is 224 Å². The second-order valence-corrected chi connectivity index (χ2v) is 21.5. The third-order valence-electron chi connectivity index (χ3n) is 16.2. The Kier molecular flexibility index (Phi) is 5.24. The molecular weight excluding hydrogens is 1190 g/mol. The van der Waals surface area contributed by atoms with Crippen molar-refractivity contribution in [3.05, 3.63) is 350 Å². The van der Waals surface area contributed by atoms with Gasteiger partial charge in [0.2, 0.25) is 0 Å². The van der Waals surface area contributed by atoms with Gasteiger partial charge < -0.3 is 8.83 Å². The standard InChI is InChI=1S/C50H30O.C46H28O/c1-2-13-34-30-47-45(29-33(34)12-1)50-44(21-10-22-46(50)51-47)49-42-19-7-5-17-40(42)48(41-18-6-8-20-43(41)49)37-15-9-14-32(28-37)35-25-26-39-36(27-35)24-23-31-11-3-4-16-38(31)39;1-2-12-30-25-34(24-23-29(30)11-1)31-15-9-16-35(26-31)44-36-17-5-7-19-38(36)45(39-20-8-6-18-37(39)44)40-21-10-22-42-46(40)41-27-32-13-3-4-14-33(32)28-43(41)47-42/h1-30H;1-28H/i1D,2D,3D,4D,5D,6D,7D,8D,9D,10D,11D,12D,13D,14D,15D,16D,17D,18D,19D,20D,21D,22D,23D,24D,25D,26D,27D,28D,29D,30D;1D,2D,3D,4D,5D,6D,7D,8D,9D,10D,11D,12D,13D,14D,15D,16D,17D,18D,19D,20D,21D,22D,23D,24D,25D,26D,27D,28D. The molecule has 0 unspecified atom stereocenters. The summed E-state index contributed by atoms with van der Waals surface area (Å²) in [5, 5.41) is -13.9. The molecule has 2 aromatic heterocycles. The van der Waals surface area contributed by atoms with Crippen LogP contribution in [0, 0.1) is 0 Å². The largest absolute Gasteiger partial charge is 0.456 e. The van der Waals surface area contributed by atoms with Gasteiger partial charge in [-0.3, -0.25) is 0 Å². The second kappa shape index (κ2) is 22.4. The van der Waals surface area contributed by atoms with Crippen LogP contribution in [0.15, 0.2) is 359 Å². The Morgan fingerprint density at radius 1 is 0.163 bits per heavy atom. The first kappa shape index (κ1) is 22.9. The van der Waals surface area contributed by atoms with Crippen LogP contribution in [0.3, 0.4) is 0 Å². The summed E-state index contributed by atoms with van der Waals surface area (Å²) in [7, 11) is 0. The van der Waals surface area contributed by atoms with E-state index in [2.05, 4.69) is 0 Å². The molecule has 21 rings (SSSR count). The van der Waals surface area contributed by atoms with Gasteiger partial charge in [0, 0.05) is 21.5 Å². The average molecular weight is 1300 g/mol. The molecule has 2 heteroatoms. The highest BCUT2D eigenvalue weighted by Crippen LogP contribution is 2.50. The molecule has 0 spiro atoms. The van der Waals surface area contributed by atoms with E-state index in [0.717, 1.165) is 0 Å². The molecular formula is C96H58O2. The Morgan fingerprint density at radius 2 is 0.469 bits per heavy atom. The van der Waals surface area contributed by atoms with Crippen LogP contribution in [0.2, 0.25) is 0 Å². The number of hydrogen-bond acceptors (Lipinski definition) is 2. The van der Waals surface area contributed by atoms with E-state index in [4.69, 9.17) is 55.4 Å². The van der Waals surface area contributed by atoms with E-state index in [1.807, 2.05) is 0 Å². The van der Waals surface area contributed by atoms with Crippen molar-refractivity contribution >= 4 is 141 Å². The molecule has 0 fully saturated rings. The fourth-order valence-corrected chi connectivity index (χ4v) is 12.1. The molecule has 0 saturated carbocycles. The minimum absolute atomic E-state index is 0.488. The lowest BCUT2D eigenvalue weighted by Gasteiger charge is -2.18. The predicted molar refractivity (Wildman–Crippen MR) is 418 cm³/mol. The van der Waals surface area contributed by atoms with Crippen molar-refractivity contribution in [1.29, 1.82) is 0 Å². The van der Waals surface area contributed by atoms with E-state index < -0.39 is 558 Å². The number of hydrogen-bond donors (Lipinski definition) is 0. The normalized spacial score (nSPS) is 20.2. The van der Waals surface area contributed by atoms with Gasteiger partial charge in [-0.25, -0.2) is 0 Å². The zero-order valence-electron chi connectivity index (χ0n) is 107. The van der Waals surface area contributed by atoms with E-state index in [-0.39, 0.29) is 0 Å². The van der Waals surface area contributed by atoms with Crippen molar-refractivity contribution in [2.75, 3.05) is 0 Å². The highest BCUT2D eigenvalue weighted by atomic mass is 16.3. The Morgan fingerprint density at radius 3 is 0.929 bits per heavy atom. The summed E-state index contributed by atoms with van der Waals surface area (Å²) in [6.45, 7) is 0. The van der Waals surface area contributed by atoms with Gasteiger partial charge in [0.05, 0.1) is 79.5 Å². The molecule has 0 saturated heterocycles. The van der Waals surface area contributed by atoms with Crippen molar-refractivity contribution < 1.29 is 88.3 Å². The van der Waals surface area contributed by atoms with Gasteiger partial charge in [0.15, 0.2) is 0 Å². The lowest BCUT2D eigenvalue weighted by molar-refractivity contribution is 0.669. The van der Waals surface area contributed by atoms with E-state index in [9.17, 15) is 32.9 Å². The van der Waals surface area contributed by atoms with Crippen molar-refractivity contribution in [1.82, 2.24) is 0 Å². The zero-order chi connectivity index (χ0) is 115. The zero-order valence-corrected chi connectivity index (χ0v) is 48.8. The first-order valence-corrected chi connectivity index (χ1v) is 29.1. The summed E-state index contributed by atoms with van der Waals surface area (Å²) >= 11 is 0. The Balaban J connectivity index is 0.000000188. The van der Waals surface area contributed by atoms with Crippen LogP contribution in [-0.4, -0.2) is 0 Å². The summed E-state index contributed by atoms with van der Waals surface area (Å²) in [5.74, 6) is 0.